The summed E-state index contributed by atoms with van der Waals surface area (Å²) in [5.74, 6) is 1.68. The van der Waals surface area contributed by atoms with Gasteiger partial charge in [-0.25, -0.2) is 0 Å². The third-order valence-electron chi connectivity index (χ3n) is 2.73. The Hall–Kier alpha value is -1.80. The molecule has 2 aromatic rings. The lowest BCUT2D eigenvalue weighted by Crippen LogP contribution is -1.93. The zero-order valence-corrected chi connectivity index (χ0v) is 10.9. The number of benzene rings is 2. The number of para-hydroxylation sites is 1. The normalized spacial score (nSPS) is 10.4. The van der Waals surface area contributed by atoms with Crippen molar-refractivity contribution in [2.45, 2.75) is 13.8 Å². The Bertz CT molecular complexity index is 532. The van der Waals surface area contributed by atoms with Crippen molar-refractivity contribution in [1.29, 1.82) is 0 Å². The highest BCUT2D eigenvalue weighted by molar-refractivity contribution is 5.44. The van der Waals surface area contributed by atoms with Gasteiger partial charge in [-0.1, -0.05) is 30.3 Å². The van der Waals surface area contributed by atoms with E-state index in [1.54, 1.807) is 13.7 Å². The van der Waals surface area contributed by atoms with Crippen LogP contribution >= 0.6 is 0 Å². The first-order chi connectivity index (χ1) is 8.70. The predicted molar refractivity (Wildman–Crippen MR) is 72.8 cm³/mol. The second-order valence-corrected chi connectivity index (χ2v) is 4.26. The van der Waals surface area contributed by atoms with Crippen molar-refractivity contribution in [2.24, 2.45) is 0 Å². The number of methoxy groups -OCH3 is 1. The smallest absolute Gasteiger partial charge is 0.133 e. The summed E-state index contributed by atoms with van der Waals surface area (Å²) in [7, 11) is 1.63. The number of rotatable bonds is 4. The van der Waals surface area contributed by atoms with Crippen LogP contribution < -0.4 is 4.74 Å². The van der Waals surface area contributed by atoms with E-state index in [1.165, 1.54) is 5.56 Å². The molecular formula is C16H17O2. The largest absolute Gasteiger partial charge is 0.457 e. The van der Waals surface area contributed by atoms with E-state index in [-0.39, 0.29) is 0 Å². The minimum atomic E-state index is 0.799. The van der Waals surface area contributed by atoms with E-state index in [4.69, 9.17) is 9.47 Å². The standard InChI is InChI=1S/C16H17O2/c1-12-8-9-13(2)16(10-12)18-15-7-5-4-6-14(15)11-17-3/h4-11H,1-3H3. The minimum Gasteiger partial charge on any atom is -0.457 e. The lowest BCUT2D eigenvalue weighted by Gasteiger charge is -2.12. The van der Waals surface area contributed by atoms with Gasteiger partial charge in [-0.05, 0) is 37.1 Å². The second-order valence-electron chi connectivity index (χ2n) is 4.26. The Morgan fingerprint density at radius 2 is 1.72 bits per heavy atom. The van der Waals surface area contributed by atoms with E-state index < -0.39 is 0 Å². The van der Waals surface area contributed by atoms with Crippen LogP contribution in [0.3, 0.4) is 0 Å². The Labute approximate surface area is 108 Å². The fourth-order valence-corrected chi connectivity index (χ4v) is 1.73. The molecule has 93 valence electrons. The summed E-state index contributed by atoms with van der Waals surface area (Å²) in [5, 5.41) is 0. The van der Waals surface area contributed by atoms with Gasteiger partial charge in [0.25, 0.3) is 0 Å². The van der Waals surface area contributed by atoms with Crippen LogP contribution in [0.4, 0.5) is 0 Å². The second kappa shape index (κ2) is 5.69. The molecule has 0 heterocycles. The number of hydrogen-bond donors (Lipinski definition) is 0. The molecule has 0 aliphatic heterocycles. The highest BCUT2D eigenvalue weighted by Crippen LogP contribution is 2.29. The summed E-state index contributed by atoms with van der Waals surface area (Å²) < 4.78 is 11.0. The molecule has 0 atom stereocenters. The molecule has 18 heavy (non-hydrogen) atoms. The Kier molecular flexibility index (Phi) is 4.00. The predicted octanol–water partition coefficient (Wildman–Crippen LogP) is 4.25. The zero-order chi connectivity index (χ0) is 13.0. The van der Waals surface area contributed by atoms with Crippen molar-refractivity contribution in [3.63, 3.8) is 0 Å². The first kappa shape index (κ1) is 12.7. The molecule has 0 N–H and O–H groups in total. The van der Waals surface area contributed by atoms with Crippen molar-refractivity contribution in [1.82, 2.24) is 0 Å². The average molecular weight is 241 g/mol. The Morgan fingerprint density at radius 1 is 0.944 bits per heavy atom. The van der Waals surface area contributed by atoms with Gasteiger partial charge in [0, 0.05) is 12.7 Å². The molecule has 0 unspecified atom stereocenters. The van der Waals surface area contributed by atoms with Crippen molar-refractivity contribution in [2.75, 3.05) is 7.11 Å². The molecule has 0 spiro atoms. The lowest BCUT2D eigenvalue weighted by molar-refractivity contribution is 0.289. The molecule has 0 bridgehead atoms. The molecule has 2 rings (SSSR count). The summed E-state index contributed by atoms with van der Waals surface area (Å²) in [6.07, 6.45) is 0. The maximum Gasteiger partial charge on any atom is 0.133 e. The fraction of sp³-hybridized carbons (Fsp3) is 0.188. The summed E-state index contributed by atoms with van der Waals surface area (Å²) in [6, 6.07) is 14.0. The number of aryl methyl sites for hydroxylation is 2. The monoisotopic (exact) mass is 241 g/mol. The third kappa shape index (κ3) is 2.90. The first-order valence-corrected chi connectivity index (χ1v) is 5.91. The van der Waals surface area contributed by atoms with Gasteiger partial charge in [0.1, 0.15) is 18.1 Å². The van der Waals surface area contributed by atoms with Crippen LogP contribution in [-0.2, 0) is 4.74 Å². The quantitative estimate of drug-likeness (QED) is 0.796. The van der Waals surface area contributed by atoms with Gasteiger partial charge in [-0.3, -0.25) is 0 Å². The van der Waals surface area contributed by atoms with Crippen LogP contribution in [0.5, 0.6) is 11.5 Å². The van der Waals surface area contributed by atoms with Crippen LogP contribution in [0.25, 0.3) is 0 Å². The van der Waals surface area contributed by atoms with E-state index in [9.17, 15) is 0 Å². The Balaban J connectivity index is 2.30. The minimum absolute atomic E-state index is 0.799. The van der Waals surface area contributed by atoms with E-state index in [2.05, 4.69) is 19.1 Å². The zero-order valence-electron chi connectivity index (χ0n) is 10.9. The fourth-order valence-electron chi connectivity index (χ4n) is 1.73. The molecule has 1 radical (unpaired) electrons. The maximum atomic E-state index is 5.96. The highest BCUT2D eigenvalue weighted by atomic mass is 16.5. The van der Waals surface area contributed by atoms with Gasteiger partial charge in [0.2, 0.25) is 0 Å². The van der Waals surface area contributed by atoms with Crippen LogP contribution in [0.15, 0.2) is 42.5 Å². The molecule has 2 heteroatoms. The number of ether oxygens (including phenoxy) is 2. The molecule has 0 saturated carbocycles. The average Bonchev–Trinajstić information content (AvgIpc) is 2.36. The van der Waals surface area contributed by atoms with Crippen molar-refractivity contribution < 1.29 is 9.47 Å². The molecule has 0 aliphatic rings. The molecule has 2 nitrogen and oxygen atoms in total. The van der Waals surface area contributed by atoms with Crippen LogP contribution in [-0.4, -0.2) is 7.11 Å². The van der Waals surface area contributed by atoms with Crippen molar-refractivity contribution in [3.05, 3.63) is 65.8 Å². The van der Waals surface area contributed by atoms with E-state index in [1.807, 2.05) is 37.3 Å². The van der Waals surface area contributed by atoms with Crippen LogP contribution in [0.1, 0.15) is 16.7 Å². The van der Waals surface area contributed by atoms with Gasteiger partial charge >= 0.3 is 0 Å². The Morgan fingerprint density at radius 3 is 2.50 bits per heavy atom. The van der Waals surface area contributed by atoms with E-state index >= 15 is 0 Å². The molecule has 0 aromatic heterocycles. The van der Waals surface area contributed by atoms with Crippen LogP contribution in [0.2, 0.25) is 0 Å². The third-order valence-corrected chi connectivity index (χ3v) is 2.73. The summed E-state index contributed by atoms with van der Waals surface area (Å²) in [5.41, 5.74) is 3.23. The summed E-state index contributed by atoms with van der Waals surface area (Å²) >= 11 is 0. The van der Waals surface area contributed by atoms with E-state index in [0.717, 1.165) is 22.6 Å². The van der Waals surface area contributed by atoms with Gasteiger partial charge < -0.3 is 9.47 Å². The molecule has 0 amide bonds. The molecule has 0 saturated heterocycles. The SMILES string of the molecule is CO[CH]c1ccccc1Oc1cc(C)ccc1C. The van der Waals surface area contributed by atoms with Gasteiger partial charge in [0.05, 0.1) is 0 Å². The van der Waals surface area contributed by atoms with E-state index in [0.29, 0.717) is 0 Å². The number of hydrogen-bond acceptors (Lipinski definition) is 2. The van der Waals surface area contributed by atoms with Crippen molar-refractivity contribution >= 4 is 0 Å². The van der Waals surface area contributed by atoms with Crippen LogP contribution in [0, 0.1) is 20.5 Å². The molecular weight excluding hydrogens is 224 g/mol. The first-order valence-electron chi connectivity index (χ1n) is 5.91. The summed E-state index contributed by atoms with van der Waals surface area (Å²) in [4.78, 5) is 0. The molecule has 0 aliphatic carbocycles. The lowest BCUT2D eigenvalue weighted by atomic mass is 10.1. The maximum absolute atomic E-state index is 5.96. The van der Waals surface area contributed by atoms with Gasteiger partial charge in [0.15, 0.2) is 0 Å². The molecule has 2 aromatic carbocycles. The van der Waals surface area contributed by atoms with Crippen molar-refractivity contribution in [3.8, 4) is 11.5 Å². The summed E-state index contributed by atoms with van der Waals surface area (Å²) in [6.45, 7) is 5.78. The highest BCUT2D eigenvalue weighted by Gasteiger charge is 2.06. The van der Waals surface area contributed by atoms with Gasteiger partial charge in [-0.15, -0.1) is 0 Å². The molecule has 0 fully saturated rings. The topological polar surface area (TPSA) is 18.5 Å². The van der Waals surface area contributed by atoms with Gasteiger partial charge in [-0.2, -0.15) is 0 Å².